The Labute approximate surface area is 309 Å². The third-order valence-electron chi connectivity index (χ3n) is 9.87. The van der Waals surface area contributed by atoms with Crippen molar-refractivity contribution in [2.75, 3.05) is 6.61 Å². The highest BCUT2D eigenvalue weighted by Crippen LogP contribution is 2.59. The van der Waals surface area contributed by atoms with Gasteiger partial charge in [0, 0.05) is 5.56 Å². The Morgan fingerprint density at radius 1 is 0.848 bits per heavy atom. The maximum absolute atomic E-state index is 12.9. The molecule has 0 spiro atoms. The fraction of sp³-hybridized carbons (Fsp3) is 0.459. The molecule has 6 nitrogen and oxygen atoms in total. The Morgan fingerprint density at radius 2 is 1.46 bits per heavy atom. The molecule has 0 aromatic heterocycles. The molecular formula is C37H40I3O6+. The molecule has 244 valence electrons. The molecule has 4 saturated carbocycles. The first-order valence-corrected chi connectivity index (χ1v) is 20.2. The highest BCUT2D eigenvalue weighted by molar-refractivity contribution is 14.1. The van der Waals surface area contributed by atoms with Gasteiger partial charge in [-0.2, -0.15) is 0 Å². The van der Waals surface area contributed by atoms with Gasteiger partial charge in [-0.25, -0.2) is 9.59 Å². The lowest BCUT2D eigenvalue weighted by Crippen LogP contribution is -3.61. The van der Waals surface area contributed by atoms with Gasteiger partial charge in [0.15, 0.2) is 13.7 Å². The predicted octanol–water partition coefficient (Wildman–Crippen LogP) is 6.34. The molecule has 3 aromatic carbocycles. The SMILES string of the molecule is Cc1cc(OC(=O)Oc2cc(I)c(OCC(=O)OC3(C)C4CC5CC(C4)CC3C5)cc2I)ccc1[I+]c1ccc(C(C)(C)C)cc1. The highest BCUT2D eigenvalue weighted by atomic mass is 127. The molecule has 4 aliphatic rings. The van der Waals surface area contributed by atoms with E-state index >= 15 is 0 Å². The van der Waals surface area contributed by atoms with E-state index in [1.165, 1.54) is 44.8 Å². The van der Waals surface area contributed by atoms with E-state index in [4.69, 9.17) is 18.9 Å². The topological polar surface area (TPSA) is 71.1 Å². The molecule has 4 bridgehead atoms. The summed E-state index contributed by atoms with van der Waals surface area (Å²) >= 11 is 3.85. The molecule has 46 heavy (non-hydrogen) atoms. The number of rotatable bonds is 8. The fourth-order valence-electron chi connectivity index (χ4n) is 7.52. The summed E-state index contributed by atoms with van der Waals surface area (Å²) < 4.78 is 27.2. The summed E-state index contributed by atoms with van der Waals surface area (Å²) in [6.45, 7) is 10.7. The second kappa shape index (κ2) is 13.7. The van der Waals surface area contributed by atoms with Gasteiger partial charge in [-0.3, -0.25) is 0 Å². The first-order chi connectivity index (χ1) is 21.8. The van der Waals surface area contributed by atoms with Crippen molar-refractivity contribution < 1.29 is 49.7 Å². The molecule has 0 unspecified atom stereocenters. The van der Waals surface area contributed by atoms with E-state index in [0.29, 0.717) is 36.2 Å². The van der Waals surface area contributed by atoms with Gasteiger partial charge >= 0.3 is 33.3 Å². The number of hydrogen-bond acceptors (Lipinski definition) is 6. The van der Waals surface area contributed by atoms with Gasteiger partial charge in [0.1, 0.15) is 22.8 Å². The van der Waals surface area contributed by atoms with Gasteiger partial charge in [0.2, 0.25) is 0 Å². The zero-order valence-corrected chi connectivity index (χ0v) is 33.3. The summed E-state index contributed by atoms with van der Waals surface area (Å²) in [5.74, 6) is 3.57. The molecule has 3 aromatic rings. The smallest absolute Gasteiger partial charge is 0.481 e. The average Bonchev–Trinajstić information content (AvgIpc) is 2.98. The molecule has 0 amide bonds. The molecule has 0 saturated heterocycles. The van der Waals surface area contributed by atoms with Crippen molar-refractivity contribution in [3.63, 3.8) is 0 Å². The van der Waals surface area contributed by atoms with Crippen LogP contribution in [0.1, 0.15) is 70.9 Å². The van der Waals surface area contributed by atoms with Crippen LogP contribution in [0.15, 0.2) is 54.6 Å². The quantitative estimate of drug-likeness (QED) is 0.149. The fourth-order valence-corrected chi connectivity index (χ4v) is 11.0. The summed E-state index contributed by atoms with van der Waals surface area (Å²) in [6, 6.07) is 18.1. The van der Waals surface area contributed by atoms with E-state index in [-0.39, 0.29) is 44.8 Å². The lowest BCUT2D eigenvalue weighted by Gasteiger charge is -2.59. The van der Waals surface area contributed by atoms with E-state index in [0.717, 1.165) is 17.4 Å². The Morgan fingerprint density at radius 3 is 2.07 bits per heavy atom. The minimum absolute atomic E-state index is 0.133. The monoisotopic (exact) mass is 961 g/mol. The second-order valence-corrected chi connectivity index (χ2v) is 19.5. The van der Waals surface area contributed by atoms with Crippen LogP contribution in [0, 0.1) is 44.9 Å². The minimum atomic E-state index is -0.811. The zero-order chi connectivity index (χ0) is 32.8. The minimum Gasteiger partial charge on any atom is -0.481 e. The van der Waals surface area contributed by atoms with Crippen LogP contribution < -0.4 is 35.4 Å². The Hall–Kier alpha value is -1.61. The average molecular weight is 961 g/mol. The van der Waals surface area contributed by atoms with Crippen LogP contribution in [0.2, 0.25) is 0 Å². The van der Waals surface area contributed by atoms with Crippen molar-refractivity contribution in [1.82, 2.24) is 0 Å². The van der Waals surface area contributed by atoms with Crippen LogP contribution >= 0.6 is 45.2 Å². The van der Waals surface area contributed by atoms with E-state index in [1.54, 1.807) is 12.1 Å². The van der Waals surface area contributed by atoms with Crippen LogP contribution in [0.3, 0.4) is 0 Å². The number of esters is 1. The normalized spacial score (nSPS) is 24.8. The summed E-state index contributed by atoms with van der Waals surface area (Å²) in [7, 11) is 0. The first kappa shape index (κ1) is 34.3. The second-order valence-electron chi connectivity index (χ2n) is 14.2. The van der Waals surface area contributed by atoms with Crippen molar-refractivity contribution in [3.8, 4) is 17.2 Å². The van der Waals surface area contributed by atoms with Gasteiger partial charge < -0.3 is 18.9 Å². The molecule has 0 atom stereocenters. The number of hydrogen-bond donors (Lipinski definition) is 0. The van der Waals surface area contributed by atoms with Gasteiger partial charge in [0.25, 0.3) is 0 Å². The number of halogens is 3. The van der Waals surface area contributed by atoms with E-state index in [1.807, 2.05) is 25.1 Å². The first-order valence-electron chi connectivity index (χ1n) is 15.9. The Bertz CT molecular complexity index is 1600. The number of carbonyl (C=O) groups is 2. The molecule has 9 heteroatoms. The molecule has 0 N–H and O–H groups in total. The maximum Gasteiger partial charge on any atom is 0.519 e. The van der Waals surface area contributed by atoms with Gasteiger partial charge in [-0.05, 0) is 168 Å². The zero-order valence-electron chi connectivity index (χ0n) is 26.8. The van der Waals surface area contributed by atoms with E-state index in [9.17, 15) is 9.59 Å². The Kier molecular flexibility index (Phi) is 10.2. The lowest BCUT2D eigenvalue weighted by atomic mass is 9.50. The van der Waals surface area contributed by atoms with Crippen molar-refractivity contribution >= 4 is 57.3 Å². The number of carbonyl (C=O) groups excluding carboxylic acids is 2. The van der Waals surface area contributed by atoms with Crippen molar-refractivity contribution in [2.45, 2.75) is 77.7 Å². The van der Waals surface area contributed by atoms with Gasteiger partial charge in [0.05, 0.1) is 7.14 Å². The van der Waals surface area contributed by atoms with E-state index in [2.05, 4.69) is 97.1 Å². The molecule has 4 fully saturated rings. The van der Waals surface area contributed by atoms with Crippen molar-refractivity contribution in [3.05, 3.63) is 80.0 Å². The molecule has 0 heterocycles. The maximum atomic E-state index is 12.9. The molecule has 0 radical (unpaired) electrons. The Balaban J connectivity index is 1.01. The number of benzene rings is 3. The third-order valence-corrected chi connectivity index (χ3v) is 14.7. The van der Waals surface area contributed by atoms with Crippen LogP contribution in [0.5, 0.6) is 17.2 Å². The summed E-state index contributed by atoms with van der Waals surface area (Å²) in [5, 5.41) is 0. The van der Waals surface area contributed by atoms with Crippen LogP contribution in [-0.2, 0) is 14.9 Å². The van der Waals surface area contributed by atoms with Gasteiger partial charge in [-0.15, -0.1) is 0 Å². The predicted molar refractivity (Wildman–Crippen MR) is 189 cm³/mol. The van der Waals surface area contributed by atoms with Crippen LogP contribution in [-0.4, -0.2) is 24.3 Å². The van der Waals surface area contributed by atoms with Crippen LogP contribution in [0.4, 0.5) is 4.79 Å². The van der Waals surface area contributed by atoms with Crippen LogP contribution in [0.25, 0.3) is 0 Å². The number of ether oxygens (including phenoxy) is 4. The standard InChI is InChI=1S/C37H40I3O6/c1-21-12-28(10-11-31(21)40-27-8-6-24(7-9-27)36(2,3)4)44-35(42)45-33-19-29(38)32(18-30(33)39)43-20-34(41)46-37(5)25-14-22-13-23(16-25)17-26(37)15-22/h6-12,18-19,22-23,25-26H,13-17,20H2,1-5H3/q+1. The largest absolute Gasteiger partial charge is 0.519 e. The summed E-state index contributed by atoms with van der Waals surface area (Å²) in [4.78, 5) is 25.7. The number of aryl methyl sites for hydroxylation is 1. The lowest BCUT2D eigenvalue weighted by molar-refractivity contribution is -0.598. The molecule has 0 aliphatic heterocycles. The molecular weight excluding hydrogens is 921 g/mol. The van der Waals surface area contributed by atoms with Crippen molar-refractivity contribution in [1.29, 1.82) is 0 Å². The third kappa shape index (κ3) is 7.66. The molecule has 4 aliphatic carbocycles. The van der Waals surface area contributed by atoms with Gasteiger partial charge in [-0.1, -0.05) is 32.9 Å². The molecule has 7 rings (SSSR count). The summed E-state index contributed by atoms with van der Waals surface area (Å²) in [6.07, 6.45) is 5.26. The van der Waals surface area contributed by atoms with E-state index < -0.39 is 6.16 Å². The van der Waals surface area contributed by atoms with Crippen molar-refractivity contribution in [2.24, 2.45) is 23.7 Å². The highest BCUT2D eigenvalue weighted by Gasteiger charge is 2.57. The summed E-state index contributed by atoms with van der Waals surface area (Å²) in [5.41, 5.74) is 2.16.